The van der Waals surface area contributed by atoms with E-state index in [1.165, 1.54) is 47.5 Å². The first kappa shape index (κ1) is 23.5. The molecule has 172 valence electrons. The van der Waals surface area contributed by atoms with E-state index in [4.69, 9.17) is 14.2 Å². The van der Waals surface area contributed by atoms with Gasteiger partial charge in [-0.3, -0.25) is 0 Å². The number of hydrogen-bond donors (Lipinski definition) is 0. The van der Waals surface area contributed by atoms with Gasteiger partial charge < -0.3 is 19.1 Å². The fourth-order valence-electron chi connectivity index (χ4n) is 2.85. The van der Waals surface area contributed by atoms with Gasteiger partial charge in [-0.15, -0.1) is 0 Å². The van der Waals surface area contributed by atoms with Gasteiger partial charge >= 0.3 is 11.9 Å². The van der Waals surface area contributed by atoms with Crippen molar-refractivity contribution in [1.29, 1.82) is 0 Å². The largest absolute Gasteiger partial charge is 0.465 e. The van der Waals surface area contributed by atoms with E-state index in [1.54, 1.807) is 0 Å². The Morgan fingerprint density at radius 3 is 2.03 bits per heavy atom. The number of methoxy groups -OCH3 is 2. The van der Waals surface area contributed by atoms with E-state index in [-0.39, 0.29) is 22.7 Å². The van der Waals surface area contributed by atoms with Crippen LogP contribution in [-0.2, 0) is 19.1 Å². The summed E-state index contributed by atoms with van der Waals surface area (Å²) in [6, 6.07) is 5.09. The molecule has 0 spiro atoms. The minimum atomic E-state index is -2.32. The number of ether oxygens (including phenoxy) is 3. The van der Waals surface area contributed by atoms with Crippen LogP contribution in [0.25, 0.3) is 0 Å². The van der Waals surface area contributed by atoms with E-state index in [0.717, 1.165) is 20.3 Å². The van der Waals surface area contributed by atoms with Gasteiger partial charge in [0.15, 0.2) is 0 Å². The lowest BCUT2D eigenvalue weighted by molar-refractivity contribution is -0.139. The van der Waals surface area contributed by atoms with E-state index in [9.17, 15) is 31.5 Å². The minimum Gasteiger partial charge on any atom is -0.465 e. The zero-order valence-corrected chi connectivity index (χ0v) is 17.0. The van der Waals surface area contributed by atoms with Gasteiger partial charge in [0.2, 0.25) is 34.8 Å². The Balaban J connectivity index is 2.10. The molecule has 0 N–H and O–H groups in total. The van der Waals surface area contributed by atoms with Crippen LogP contribution < -0.4 is 9.64 Å². The molecule has 0 saturated carbocycles. The number of benzene rings is 2. The zero-order chi connectivity index (χ0) is 24.3. The van der Waals surface area contributed by atoms with Crippen LogP contribution >= 0.6 is 0 Å². The van der Waals surface area contributed by atoms with Crippen LogP contribution in [0.5, 0.6) is 11.5 Å². The van der Waals surface area contributed by atoms with Gasteiger partial charge in [-0.25, -0.2) is 22.8 Å². The highest BCUT2D eigenvalue weighted by molar-refractivity contribution is 6.05. The van der Waals surface area contributed by atoms with Gasteiger partial charge in [-0.2, -0.15) is 8.78 Å². The summed E-state index contributed by atoms with van der Waals surface area (Å²) in [4.78, 5) is 25.9. The number of allylic oxidation sites excluding steroid dienone is 2. The first-order valence-electron chi connectivity index (χ1n) is 9.05. The van der Waals surface area contributed by atoms with Gasteiger partial charge in [0.25, 0.3) is 0 Å². The summed E-state index contributed by atoms with van der Waals surface area (Å²) in [6.07, 6.45) is 5.60. The van der Waals surface area contributed by atoms with Crippen molar-refractivity contribution in [2.24, 2.45) is 0 Å². The molecule has 1 heterocycles. The summed E-state index contributed by atoms with van der Waals surface area (Å²) in [5.41, 5.74) is -0.304. The van der Waals surface area contributed by atoms with Crippen molar-refractivity contribution in [2.75, 3.05) is 19.1 Å². The molecule has 0 unspecified atom stereocenters. The van der Waals surface area contributed by atoms with Crippen LogP contribution in [-0.4, -0.2) is 26.2 Å². The molecule has 6 nitrogen and oxygen atoms in total. The summed E-state index contributed by atoms with van der Waals surface area (Å²) in [7, 11) is 2.20. The highest BCUT2D eigenvalue weighted by Gasteiger charge is 2.29. The summed E-state index contributed by atoms with van der Waals surface area (Å²) < 4.78 is 82.6. The summed E-state index contributed by atoms with van der Waals surface area (Å²) in [6.45, 7) is 0. The van der Waals surface area contributed by atoms with Crippen LogP contribution in [0, 0.1) is 29.1 Å². The van der Waals surface area contributed by atoms with Crippen molar-refractivity contribution in [3.05, 3.63) is 89.0 Å². The van der Waals surface area contributed by atoms with Crippen LogP contribution in [0.4, 0.5) is 27.6 Å². The molecule has 2 aromatic rings. The third-order valence-electron chi connectivity index (χ3n) is 4.37. The Labute approximate surface area is 183 Å². The molecule has 0 amide bonds. The smallest absolute Gasteiger partial charge is 0.355 e. The molecular formula is C22H14F5NO5. The van der Waals surface area contributed by atoms with E-state index >= 15 is 0 Å². The molecule has 0 radical (unpaired) electrons. The number of halogens is 5. The van der Waals surface area contributed by atoms with E-state index in [1.807, 2.05) is 0 Å². The maximum absolute atomic E-state index is 14.0. The molecule has 33 heavy (non-hydrogen) atoms. The van der Waals surface area contributed by atoms with Crippen molar-refractivity contribution >= 4 is 17.6 Å². The number of hydrogen-bond acceptors (Lipinski definition) is 6. The van der Waals surface area contributed by atoms with E-state index in [2.05, 4.69) is 0 Å². The van der Waals surface area contributed by atoms with Crippen molar-refractivity contribution in [3.63, 3.8) is 0 Å². The van der Waals surface area contributed by atoms with E-state index < -0.39 is 46.8 Å². The Morgan fingerprint density at radius 1 is 0.818 bits per heavy atom. The Kier molecular flexibility index (Phi) is 6.80. The number of anilines is 1. The molecule has 1 aliphatic rings. The third-order valence-corrected chi connectivity index (χ3v) is 4.37. The van der Waals surface area contributed by atoms with Crippen LogP contribution in [0.1, 0.15) is 0 Å². The molecule has 11 heteroatoms. The van der Waals surface area contributed by atoms with Crippen molar-refractivity contribution in [1.82, 2.24) is 0 Å². The first-order valence-corrected chi connectivity index (χ1v) is 9.05. The standard InChI is InChI=1S/C22H14F5NO5/c1-31-21(29)13-8-3-4-9-28(19(13)22(30)32-2)11-6-5-7-12(10-11)33-20-17(26)15(24)14(23)16(25)18(20)27/h3-10H,1-2H3. The fraction of sp³-hybridized carbons (Fsp3) is 0.0909. The average molecular weight is 467 g/mol. The molecule has 0 aliphatic carbocycles. The summed E-state index contributed by atoms with van der Waals surface area (Å²) in [5, 5.41) is 0. The van der Waals surface area contributed by atoms with Crippen molar-refractivity contribution in [2.45, 2.75) is 0 Å². The normalized spacial score (nSPS) is 13.1. The lowest BCUT2D eigenvalue weighted by Gasteiger charge is -2.23. The molecule has 0 fully saturated rings. The third kappa shape index (κ3) is 4.43. The van der Waals surface area contributed by atoms with Crippen LogP contribution in [0.15, 0.2) is 60.0 Å². The Morgan fingerprint density at radius 2 is 1.42 bits per heavy atom. The van der Waals surface area contributed by atoms with Crippen LogP contribution in [0.3, 0.4) is 0 Å². The SMILES string of the molecule is COC(=O)C1=C(C(=O)OC)N(c2cccc(Oc3c(F)c(F)c(F)c(F)c3F)c2)C=CC=C1. The first-order chi connectivity index (χ1) is 15.7. The molecule has 2 aromatic carbocycles. The fourth-order valence-corrected chi connectivity index (χ4v) is 2.85. The monoisotopic (exact) mass is 467 g/mol. The number of esters is 2. The van der Waals surface area contributed by atoms with Gasteiger partial charge in [-0.1, -0.05) is 12.1 Å². The van der Waals surface area contributed by atoms with Crippen molar-refractivity contribution < 1.29 is 45.8 Å². The predicted octanol–water partition coefficient (Wildman–Crippen LogP) is 4.66. The second kappa shape index (κ2) is 9.55. The molecule has 0 bridgehead atoms. The molecular weight excluding hydrogens is 453 g/mol. The number of carbonyl (C=O) groups is 2. The lowest BCUT2D eigenvalue weighted by atomic mass is 10.1. The number of rotatable bonds is 5. The quantitative estimate of drug-likeness (QED) is 0.276. The van der Waals surface area contributed by atoms with Gasteiger partial charge in [-0.05, 0) is 24.3 Å². The predicted molar refractivity (Wildman–Crippen MR) is 105 cm³/mol. The summed E-state index contributed by atoms with van der Waals surface area (Å²) in [5.74, 6) is -14.6. The molecule has 1 aliphatic heterocycles. The molecule has 0 atom stereocenters. The molecule has 0 saturated heterocycles. The highest BCUT2D eigenvalue weighted by Crippen LogP contribution is 2.35. The maximum atomic E-state index is 14.0. The lowest BCUT2D eigenvalue weighted by Crippen LogP contribution is -2.26. The maximum Gasteiger partial charge on any atom is 0.355 e. The summed E-state index contributed by atoms with van der Waals surface area (Å²) >= 11 is 0. The Bertz CT molecular complexity index is 1190. The average Bonchev–Trinajstić information content (AvgIpc) is 3.06. The van der Waals surface area contributed by atoms with Gasteiger partial charge in [0.05, 0.1) is 19.8 Å². The van der Waals surface area contributed by atoms with Crippen LogP contribution in [0.2, 0.25) is 0 Å². The van der Waals surface area contributed by atoms with Gasteiger partial charge in [0, 0.05) is 18.0 Å². The zero-order valence-electron chi connectivity index (χ0n) is 17.0. The van der Waals surface area contributed by atoms with E-state index in [0.29, 0.717) is 0 Å². The molecule has 0 aromatic heterocycles. The van der Waals surface area contributed by atoms with Gasteiger partial charge in [0.1, 0.15) is 11.4 Å². The molecule has 3 rings (SSSR count). The van der Waals surface area contributed by atoms with Crippen molar-refractivity contribution in [3.8, 4) is 11.5 Å². The number of nitrogens with zero attached hydrogens (tertiary/aromatic N) is 1. The topological polar surface area (TPSA) is 65.1 Å². The number of carbonyl (C=O) groups excluding carboxylic acids is 2. The highest BCUT2D eigenvalue weighted by atomic mass is 19.2. The second-order valence-electron chi connectivity index (χ2n) is 6.31. The Hall–Kier alpha value is -4.15. The minimum absolute atomic E-state index is 0.123. The second-order valence-corrected chi connectivity index (χ2v) is 6.31.